The molecule has 20 heteroatoms. The number of Topliss-reactive ketones (excluding diaryl/α,β-unsaturated/α-hetero) is 1. The van der Waals surface area contributed by atoms with Crippen LogP contribution in [0.5, 0.6) is 17.2 Å². The minimum Gasteiger partial charge on any atom is -0.493 e. The second kappa shape index (κ2) is 27.0. The van der Waals surface area contributed by atoms with Gasteiger partial charge in [0.2, 0.25) is 5.91 Å². The Morgan fingerprint density at radius 2 is 1.44 bits per heavy atom. The number of nitrogens with zero attached hydrogens (tertiary/aromatic N) is 3. The van der Waals surface area contributed by atoms with Crippen LogP contribution >= 0.6 is 21.6 Å². The van der Waals surface area contributed by atoms with E-state index in [9.17, 15) is 27.6 Å². The molecular weight excluding hydrogens is 1100 g/mol. The molecule has 5 aromatic carbocycles. The van der Waals surface area contributed by atoms with E-state index in [4.69, 9.17) is 23.2 Å². The van der Waals surface area contributed by atoms with E-state index in [1.807, 2.05) is 99.1 Å². The SMILES string of the molecule is CCNOCCCCC(=O)C(CCSSC(C)(C)CCC(=O)Nc1cc(COc2cc3c(cc2C)C(=O)N2Cc4ccccc4C[C@H]2CN3C)cc(COc2cc3c(cc2OC)C(=O)N2Cc4ccccc4C[C@H]2CN3)c1)S(=O)(=O)OC. The number of carbonyl (C=O) groups is 4. The molecule has 0 spiro atoms. The number of hydrogen-bond acceptors (Lipinski definition) is 16. The Morgan fingerprint density at radius 3 is 2.11 bits per heavy atom. The van der Waals surface area contributed by atoms with Crippen LogP contribution in [0, 0.1) is 6.92 Å². The zero-order valence-corrected chi connectivity index (χ0v) is 50.4. The van der Waals surface area contributed by atoms with Gasteiger partial charge >= 0.3 is 0 Å². The zero-order chi connectivity index (χ0) is 58.1. The lowest BCUT2D eigenvalue weighted by Gasteiger charge is -2.36. The standard InChI is InChI=1S/C62H76N6O11S3/c1-8-64-79-23-14-13-19-54(69)58(82(73,74)76-7)21-24-80-81-62(3,4)22-20-59(70)65-47-27-41(38-77-55-33-53-51(25-40(55)2)61(72)68-36-46-18-12-10-16-44(46)30-49(68)37-66(53)5)26-42(28-47)39-78-57-32-52-50(31-56(57)75-6)60(71)67-35-45-17-11-9-15-43(45)29-48(67)34-63-52/h9-12,15-18,25-28,31-33,48-49,58,63-64H,8,13-14,19-24,29-30,34-39H2,1-7H3,(H,65,70)/t48-,49-,58?/m0/s1. The van der Waals surface area contributed by atoms with Gasteiger partial charge in [-0.3, -0.25) is 23.4 Å². The first-order chi connectivity index (χ1) is 39.4. The lowest BCUT2D eigenvalue weighted by Crippen LogP contribution is -2.47. The molecule has 0 radical (unpaired) electrons. The van der Waals surface area contributed by atoms with Gasteiger partial charge in [0.25, 0.3) is 21.9 Å². The maximum atomic E-state index is 14.3. The molecule has 4 aliphatic rings. The summed E-state index contributed by atoms with van der Waals surface area (Å²) >= 11 is 0. The molecule has 5 aromatic rings. The Morgan fingerprint density at radius 1 is 0.793 bits per heavy atom. The van der Waals surface area contributed by atoms with Crippen molar-refractivity contribution < 1.29 is 50.8 Å². The quantitative estimate of drug-likeness (QED) is 0.0205. The molecule has 0 saturated carbocycles. The number of carbonyl (C=O) groups excluding carboxylic acids is 4. The Labute approximate surface area is 490 Å². The molecule has 4 aliphatic heterocycles. The number of ether oxygens (including phenoxy) is 3. The average molecular weight is 1180 g/mol. The second-order valence-corrected chi connectivity index (χ2v) is 27.1. The fourth-order valence-electron chi connectivity index (χ4n) is 11.2. The minimum atomic E-state index is -4.08. The van der Waals surface area contributed by atoms with Crippen molar-refractivity contribution in [3.05, 3.63) is 141 Å². The first kappa shape index (κ1) is 60.3. The van der Waals surface area contributed by atoms with Gasteiger partial charge in [0.15, 0.2) is 17.3 Å². The van der Waals surface area contributed by atoms with E-state index in [2.05, 4.69) is 51.3 Å². The zero-order valence-electron chi connectivity index (χ0n) is 48.0. The molecule has 9 rings (SSSR count). The van der Waals surface area contributed by atoms with Crippen molar-refractivity contribution in [3.8, 4) is 17.2 Å². The highest BCUT2D eigenvalue weighted by Crippen LogP contribution is 2.42. The fraction of sp³-hybridized carbons (Fsp3) is 0.452. The van der Waals surface area contributed by atoms with E-state index in [1.165, 1.54) is 27.5 Å². The molecule has 0 aliphatic carbocycles. The third-order valence-electron chi connectivity index (χ3n) is 15.6. The van der Waals surface area contributed by atoms with Crippen molar-refractivity contribution in [1.82, 2.24) is 15.3 Å². The summed E-state index contributed by atoms with van der Waals surface area (Å²) in [6.07, 6.45) is 3.55. The van der Waals surface area contributed by atoms with E-state index >= 15 is 0 Å². The van der Waals surface area contributed by atoms with E-state index < -0.39 is 15.4 Å². The summed E-state index contributed by atoms with van der Waals surface area (Å²) in [5.74, 6) is 1.22. The summed E-state index contributed by atoms with van der Waals surface area (Å²) in [5.41, 5.74) is 13.1. The first-order valence-corrected chi connectivity index (χ1v) is 32.0. The van der Waals surface area contributed by atoms with Gasteiger partial charge in [-0.25, -0.2) is 5.48 Å². The van der Waals surface area contributed by atoms with Crippen molar-refractivity contribution in [3.63, 3.8) is 0 Å². The van der Waals surface area contributed by atoms with E-state index in [0.29, 0.717) is 104 Å². The summed E-state index contributed by atoms with van der Waals surface area (Å²) in [5, 5.41) is 5.39. The van der Waals surface area contributed by atoms with Crippen LogP contribution in [-0.2, 0) is 67.9 Å². The number of hydroxylamine groups is 1. The van der Waals surface area contributed by atoms with Gasteiger partial charge < -0.3 is 44.4 Å². The summed E-state index contributed by atoms with van der Waals surface area (Å²) in [6.45, 7) is 11.6. The molecular formula is C62H76N6O11S3. The number of aryl methyl sites for hydroxylation is 1. The van der Waals surface area contributed by atoms with Crippen molar-refractivity contribution in [2.75, 3.05) is 68.8 Å². The minimum absolute atomic E-state index is 0.00338. The molecule has 438 valence electrons. The van der Waals surface area contributed by atoms with Crippen LogP contribution in [0.3, 0.4) is 0 Å². The van der Waals surface area contributed by atoms with Crippen molar-refractivity contribution in [1.29, 1.82) is 0 Å². The molecule has 0 saturated heterocycles. The molecule has 0 bridgehead atoms. The van der Waals surface area contributed by atoms with Gasteiger partial charge in [-0.05, 0) is 129 Å². The molecule has 0 aromatic heterocycles. The van der Waals surface area contributed by atoms with Crippen LogP contribution in [0.2, 0.25) is 0 Å². The van der Waals surface area contributed by atoms with E-state index in [1.54, 1.807) is 24.0 Å². The van der Waals surface area contributed by atoms with Gasteiger partial charge in [-0.1, -0.05) is 77.0 Å². The number of anilines is 3. The summed E-state index contributed by atoms with van der Waals surface area (Å²) in [6, 6.07) is 29.8. The van der Waals surface area contributed by atoms with Crippen molar-refractivity contribution in [2.24, 2.45) is 0 Å². The van der Waals surface area contributed by atoms with Gasteiger partial charge in [0, 0.05) is 80.9 Å². The van der Waals surface area contributed by atoms with Crippen molar-refractivity contribution >= 4 is 72.3 Å². The van der Waals surface area contributed by atoms with Crippen LogP contribution in [0.15, 0.2) is 91.0 Å². The number of hydrogen-bond donors (Lipinski definition) is 3. The molecule has 17 nitrogen and oxygen atoms in total. The van der Waals surface area contributed by atoms with Gasteiger partial charge in [-0.2, -0.15) is 8.42 Å². The van der Waals surface area contributed by atoms with Crippen LogP contribution in [0.4, 0.5) is 17.1 Å². The predicted molar refractivity (Wildman–Crippen MR) is 323 cm³/mol. The number of unbranched alkanes of at least 4 members (excludes halogenated alkanes) is 1. The predicted octanol–water partition coefficient (Wildman–Crippen LogP) is 10.1. The number of ketones is 1. The third-order valence-corrected chi connectivity index (χ3v) is 20.7. The lowest BCUT2D eigenvalue weighted by atomic mass is 9.93. The molecule has 3 N–H and O–H groups in total. The average Bonchev–Trinajstić information content (AvgIpc) is 3.89. The number of likely N-dealkylation sites (N-methyl/N-ethyl adjacent to an activating group) is 1. The Hall–Kier alpha value is -6.29. The van der Waals surface area contributed by atoms with Crippen molar-refractivity contribution in [2.45, 2.75) is 127 Å². The highest BCUT2D eigenvalue weighted by molar-refractivity contribution is 8.77. The monoisotopic (exact) mass is 1180 g/mol. The fourth-order valence-corrected chi connectivity index (χ4v) is 15.1. The number of nitrogens with one attached hydrogen (secondary N) is 3. The van der Waals surface area contributed by atoms with E-state index in [0.717, 1.165) is 47.9 Å². The first-order valence-electron chi connectivity index (χ1n) is 28.2. The number of fused-ring (bicyclic) bond motifs is 6. The smallest absolute Gasteiger partial charge is 0.277 e. The molecule has 4 heterocycles. The number of benzene rings is 5. The molecule has 3 amide bonds. The largest absolute Gasteiger partial charge is 0.493 e. The number of methoxy groups -OCH3 is 1. The third kappa shape index (κ3) is 14.5. The summed E-state index contributed by atoms with van der Waals surface area (Å²) in [4.78, 5) is 66.8. The molecule has 0 fully saturated rings. The molecule has 3 atom stereocenters. The maximum absolute atomic E-state index is 14.3. The second-order valence-electron chi connectivity index (χ2n) is 22.1. The topological polar surface area (TPSA) is 194 Å². The molecule has 82 heavy (non-hydrogen) atoms. The van der Waals surface area contributed by atoms with Gasteiger partial charge in [0.1, 0.15) is 24.2 Å². The van der Waals surface area contributed by atoms with Crippen LogP contribution in [0.1, 0.15) is 119 Å². The lowest BCUT2D eigenvalue weighted by molar-refractivity contribution is -0.119. The van der Waals surface area contributed by atoms with Crippen LogP contribution in [0.25, 0.3) is 0 Å². The Balaban J connectivity index is 0.885. The highest BCUT2D eigenvalue weighted by Gasteiger charge is 2.38. The van der Waals surface area contributed by atoms with Gasteiger partial charge in [0.05, 0.1) is 55.4 Å². The summed E-state index contributed by atoms with van der Waals surface area (Å²) in [7, 11) is 3.58. The summed E-state index contributed by atoms with van der Waals surface area (Å²) < 4.78 is 49.1. The molecule has 1 unspecified atom stereocenters. The maximum Gasteiger partial charge on any atom is 0.277 e. The van der Waals surface area contributed by atoms with Crippen LogP contribution < -0.4 is 35.2 Å². The van der Waals surface area contributed by atoms with Gasteiger partial charge in [-0.15, -0.1) is 0 Å². The van der Waals surface area contributed by atoms with Crippen LogP contribution in [-0.4, -0.2) is 117 Å². The Kier molecular flexibility index (Phi) is 19.8. The number of amides is 3. The number of rotatable bonds is 26. The Bertz CT molecular complexity index is 3270. The van der Waals surface area contributed by atoms with E-state index in [-0.39, 0.29) is 72.8 Å². The normalized spacial score (nSPS) is 16.9. The highest BCUT2D eigenvalue weighted by atomic mass is 33.1.